The molecule has 0 saturated carbocycles. The average Bonchev–Trinajstić information content (AvgIpc) is 1.91. The molecule has 1 aliphatic heterocycles. The summed E-state index contributed by atoms with van der Waals surface area (Å²) in [6.07, 6.45) is 3.64. The van der Waals surface area contributed by atoms with Gasteiger partial charge in [-0.1, -0.05) is 0 Å². The van der Waals surface area contributed by atoms with Crippen molar-refractivity contribution in [1.29, 1.82) is 0 Å². The largest absolute Gasteiger partial charge is 0.368 e. The minimum atomic E-state index is 0.352. The van der Waals surface area contributed by atoms with Crippen LogP contribution in [0, 0.1) is 0 Å². The third-order valence-corrected chi connectivity index (χ3v) is 0.980. The van der Waals surface area contributed by atoms with Gasteiger partial charge in [-0.3, -0.25) is 4.84 Å². The van der Waals surface area contributed by atoms with Gasteiger partial charge in [-0.05, 0) is 6.08 Å². The molecular weight excluding hydrogens is 118 g/mol. The van der Waals surface area contributed by atoms with E-state index in [9.17, 15) is 0 Å². The Hall–Kier alpha value is -0.870. The van der Waals surface area contributed by atoms with Crippen molar-refractivity contribution >= 4 is 5.84 Å². The van der Waals surface area contributed by atoms with E-state index in [0.717, 1.165) is 12.4 Å². The van der Waals surface area contributed by atoms with E-state index >= 15 is 0 Å². The molecule has 0 atom stereocenters. The van der Waals surface area contributed by atoms with Crippen LogP contribution in [0.5, 0.6) is 0 Å². The first-order valence-electron chi connectivity index (χ1n) is 2.70. The SMILES string of the molecule is NOCC1=NC=CCN1. The lowest BCUT2D eigenvalue weighted by Crippen LogP contribution is -2.30. The lowest BCUT2D eigenvalue weighted by atomic mass is 10.5. The second kappa shape index (κ2) is 3.21. The number of amidine groups is 1. The van der Waals surface area contributed by atoms with Crippen molar-refractivity contribution in [2.75, 3.05) is 13.2 Å². The molecule has 0 radical (unpaired) electrons. The molecule has 0 saturated heterocycles. The van der Waals surface area contributed by atoms with E-state index < -0.39 is 0 Å². The van der Waals surface area contributed by atoms with Crippen molar-refractivity contribution in [2.24, 2.45) is 10.9 Å². The van der Waals surface area contributed by atoms with Crippen LogP contribution in [0.3, 0.4) is 0 Å². The number of aliphatic imine (C=N–C) groups is 1. The van der Waals surface area contributed by atoms with Crippen LogP contribution in [0.15, 0.2) is 17.3 Å². The number of hydrogen-bond acceptors (Lipinski definition) is 4. The normalized spacial score (nSPS) is 16.8. The molecule has 0 amide bonds. The van der Waals surface area contributed by atoms with E-state index in [2.05, 4.69) is 15.1 Å². The molecule has 1 heterocycles. The van der Waals surface area contributed by atoms with Crippen LogP contribution in [0.2, 0.25) is 0 Å². The maximum absolute atomic E-state index is 4.81. The Kier molecular flexibility index (Phi) is 2.23. The lowest BCUT2D eigenvalue weighted by molar-refractivity contribution is 0.176. The number of nitrogens with zero attached hydrogens (tertiary/aromatic N) is 1. The molecule has 0 bridgehead atoms. The first kappa shape index (κ1) is 6.25. The van der Waals surface area contributed by atoms with Gasteiger partial charge < -0.3 is 5.32 Å². The molecule has 1 aliphatic rings. The fourth-order valence-corrected chi connectivity index (χ4v) is 0.585. The average molecular weight is 127 g/mol. The topological polar surface area (TPSA) is 59.6 Å². The first-order valence-corrected chi connectivity index (χ1v) is 2.70. The molecule has 4 heteroatoms. The van der Waals surface area contributed by atoms with Crippen molar-refractivity contribution < 1.29 is 4.84 Å². The van der Waals surface area contributed by atoms with Gasteiger partial charge in [0.2, 0.25) is 0 Å². The van der Waals surface area contributed by atoms with E-state index in [4.69, 9.17) is 5.90 Å². The van der Waals surface area contributed by atoms with Gasteiger partial charge in [-0.25, -0.2) is 10.9 Å². The van der Waals surface area contributed by atoms with Gasteiger partial charge in [0.15, 0.2) is 0 Å². The highest BCUT2D eigenvalue weighted by atomic mass is 16.6. The summed E-state index contributed by atoms with van der Waals surface area (Å²) in [6, 6.07) is 0. The molecule has 0 aromatic heterocycles. The second-order valence-electron chi connectivity index (χ2n) is 1.65. The number of nitrogens with two attached hydrogens (primary N) is 1. The zero-order valence-corrected chi connectivity index (χ0v) is 5.00. The lowest BCUT2D eigenvalue weighted by Gasteiger charge is -2.07. The minimum absolute atomic E-state index is 0.352. The first-order chi connectivity index (χ1) is 4.43. The summed E-state index contributed by atoms with van der Waals surface area (Å²) < 4.78 is 0. The molecule has 50 valence electrons. The minimum Gasteiger partial charge on any atom is -0.368 e. The molecule has 0 unspecified atom stereocenters. The third-order valence-electron chi connectivity index (χ3n) is 0.980. The van der Waals surface area contributed by atoms with Crippen LogP contribution in [0.4, 0.5) is 0 Å². The summed E-state index contributed by atoms with van der Waals surface area (Å²) in [5.41, 5.74) is 0. The predicted octanol–water partition coefficient (Wildman–Crippen LogP) is -0.608. The van der Waals surface area contributed by atoms with E-state index in [0.29, 0.717) is 6.61 Å². The van der Waals surface area contributed by atoms with Crippen LogP contribution >= 0.6 is 0 Å². The maximum Gasteiger partial charge on any atom is 0.130 e. The fraction of sp³-hybridized carbons (Fsp3) is 0.400. The Morgan fingerprint density at radius 1 is 1.89 bits per heavy atom. The number of rotatable bonds is 2. The standard InChI is InChI=1S/C5H9N3O/c6-9-4-5-7-2-1-3-8-5/h1-2H,3-4,6H2,(H,7,8). The highest BCUT2D eigenvalue weighted by molar-refractivity contribution is 5.84. The van der Waals surface area contributed by atoms with Gasteiger partial charge in [-0.15, -0.1) is 0 Å². The highest BCUT2D eigenvalue weighted by Crippen LogP contribution is 1.84. The van der Waals surface area contributed by atoms with E-state index in [1.807, 2.05) is 6.08 Å². The van der Waals surface area contributed by atoms with Crippen LogP contribution in [-0.2, 0) is 4.84 Å². The molecule has 9 heavy (non-hydrogen) atoms. The van der Waals surface area contributed by atoms with Crippen molar-refractivity contribution in [3.63, 3.8) is 0 Å². The van der Waals surface area contributed by atoms with Crippen LogP contribution < -0.4 is 11.2 Å². The number of hydrogen-bond donors (Lipinski definition) is 2. The molecule has 0 aromatic rings. The van der Waals surface area contributed by atoms with E-state index in [1.165, 1.54) is 0 Å². The van der Waals surface area contributed by atoms with Gasteiger partial charge in [0.05, 0.1) is 0 Å². The Bertz CT molecular complexity index is 141. The summed E-state index contributed by atoms with van der Waals surface area (Å²) in [4.78, 5) is 8.29. The van der Waals surface area contributed by atoms with Gasteiger partial charge >= 0.3 is 0 Å². The molecule has 3 N–H and O–H groups in total. The zero-order valence-electron chi connectivity index (χ0n) is 5.00. The molecular formula is C5H9N3O. The van der Waals surface area contributed by atoms with Crippen LogP contribution in [0.1, 0.15) is 0 Å². The van der Waals surface area contributed by atoms with Crippen molar-refractivity contribution in [2.45, 2.75) is 0 Å². The molecule has 0 aromatic carbocycles. The molecule has 4 nitrogen and oxygen atoms in total. The summed E-state index contributed by atoms with van der Waals surface area (Å²) >= 11 is 0. The van der Waals surface area contributed by atoms with Crippen LogP contribution in [0.25, 0.3) is 0 Å². The van der Waals surface area contributed by atoms with E-state index in [-0.39, 0.29) is 0 Å². The fourth-order valence-electron chi connectivity index (χ4n) is 0.585. The Morgan fingerprint density at radius 3 is 3.33 bits per heavy atom. The quantitative estimate of drug-likeness (QED) is 0.486. The second-order valence-corrected chi connectivity index (χ2v) is 1.65. The molecule has 0 fully saturated rings. The summed E-state index contributed by atoms with van der Waals surface area (Å²) in [5, 5.41) is 2.98. The highest BCUT2D eigenvalue weighted by Gasteiger charge is 1.96. The van der Waals surface area contributed by atoms with Crippen LogP contribution in [-0.4, -0.2) is 19.0 Å². The molecule has 0 aliphatic carbocycles. The van der Waals surface area contributed by atoms with E-state index in [1.54, 1.807) is 6.20 Å². The maximum atomic E-state index is 4.81. The summed E-state index contributed by atoms with van der Waals surface area (Å²) in [6.45, 7) is 1.16. The van der Waals surface area contributed by atoms with Crippen molar-refractivity contribution in [1.82, 2.24) is 5.32 Å². The monoisotopic (exact) mass is 127 g/mol. The van der Waals surface area contributed by atoms with Gasteiger partial charge in [-0.2, -0.15) is 0 Å². The third kappa shape index (κ3) is 1.83. The summed E-state index contributed by atoms with van der Waals surface area (Å²) in [7, 11) is 0. The van der Waals surface area contributed by atoms with Gasteiger partial charge in [0, 0.05) is 12.7 Å². The zero-order chi connectivity index (χ0) is 6.53. The molecule has 1 rings (SSSR count). The predicted molar refractivity (Wildman–Crippen MR) is 34.7 cm³/mol. The molecule has 0 spiro atoms. The Balaban J connectivity index is 2.38. The summed E-state index contributed by atoms with van der Waals surface area (Å²) in [5.74, 6) is 5.59. The Morgan fingerprint density at radius 2 is 2.78 bits per heavy atom. The number of nitrogens with one attached hydrogen (secondary N) is 1. The van der Waals surface area contributed by atoms with Crippen molar-refractivity contribution in [3.8, 4) is 0 Å². The smallest absolute Gasteiger partial charge is 0.130 e. The Labute approximate surface area is 53.4 Å². The van der Waals surface area contributed by atoms with Gasteiger partial charge in [0.25, 0.3) is 0 Å². The van der Waals surface area contributed by atoms with Gasteiger partial charge in [0.1, 0.15) is 12.4 Å². The van der Waals surface area contributed by atoms with Crippen molar-refractivity contribution in [3.05, 3.63) is 12.3 Å².